The first-order valence-electron chi connectivity index (χ1n) is 11.5. The van der Waals surface area contributed by atoms with Crippen molar-refractivity contribution in [1.82, 2.24) is 4.57 Å². The molecule has 0 amide bonds. The molecule has 6 aromatic carbocycles. The lowest BCUT2D eigenvalue weighted by Crippen LogP contribution is -1.94. The Morgan fingerprint density at radius 1 is 0.441 bits per heavy atom. The lowest BCUT2D eigenvalue weighted by Gasteiger charge is -2.11. The van der Waals surface area contributed by atoms with Crippen LogP contribution in [0.15, 0.2) is 121 Å². The predicted molar refractivity (Wildman–Crippen MR) is 146 cm³/mol. The van der Waals surface area contributed by atoms with Crippen LogP contribution in [0.1, 0.15) is 0 Å². The Morgan fingerprint density at radius 3 is 2.00 bits per heavy atom. The van der Waals surface area contributed by atoms with Gasteiger partial charge in [0.15, 0.2) is 0 Å². The van der Waals surface area contributed by atoms with Crippen molar-refractivity contribution in [2.45, 2.75) is 0 Å². The van der Waals surface area contributed by atoms with Gasteiger partial charge in [0, 0.05) is 21.5 Å². The van der Waals surface area contributed by atoms with Crippen LogP contribution < -0.4 is 0 Å². The second-order valence-corrected chi connectivity index (χ2v) is 9.26. The smallest absolute Gasteiger partial charge is 0.0547 e. The van der Waals surface area contributed by atoms with Crippen LogP contribution in [0.4, 0.5) is 0 Å². The van der Waals surface area contributed by atoms with Gasteiger partial charge < -0.3 is 4.57 Å². The van der Waals surface area contributed by atoms with Gasteiger partial charge in [-0.15, -0.1) is 0 Å². The summed E-state index contributed by atoms with van der Waals surface area (Å²) in [5.74, 6) is 0. The quantitative estimate of drug-likeness (QED) is 0.245. The van der Waals surface area contributed by atoms with Crippen molar-refractivity contribution in [3.8, 4) is 16.8 Å². The first kappa shape index (κ1) is 19.4. The molecule has 0 saturated heterocycles. The van der Waals surface area contributed by atoms with E-state index in [2.05, 4.69) is 114 Å². The van der Waals surface area contributed by atoms with Crippen molar-refractivity contribution in [3.63, 3.8) is 0 Å². The van der Waals surface area contributed by atoms with Gasteiger partial charge in [0.05, 0.1) is 11.0 Å². The van der Waals surface area contributed by atoms with E-state index in [0.717, 1.165) is 5.02 Å². The maximum atomic E-state index is 6.10. The molecule has 160 valence electrons. The maximum absolute atomic E-state index is 6.10. The van der Waals surface area contributed by atoms with E-state index in [1.54, 1.807) is 0 Å². The number of halogens is 1. The van der Waals surface area contributed by atoms with E-state index >= 15 is 0 Å². The summed E-state index contributed by atoms with van der Waals surface area (Å²) in [5, 5.41) is 8.28. The molecular formula is C32H20ClN. The summed E-state index contributed by atoms with van der Waals surface area (Å²) in [6, 6.07) is 43.4. The average molecular weight is 454 g/mol. The minimum Gasteiger partial charge on any atom is -0.309 e. The van der Waals surface area contributed by atoms with Crippen LogP contribution in [-0.4, -0.2) is 4.57 Å². The number of aromatic nitrogens is 1. The lowest BCUT2D eigenvalue weighted by molar-refractivity contribution is 1.19. The molecule has 0 aliphatic carbocycles. The highest BCUT2D eigenvalue weighted by atomic mass is 35.5. The molecule has 1 heterocycles. The Bertz CT molecular complexity index is 1860. The number of rotatable bonds is 2. The van der Waals surface area contributed by atoms with Gasteiger partial charge in [-0.25, -0.2) is 0 Å². The van der Waals surface area contributed by atoms with E-state index < -0.39 is 0 Å². The number of para-hydroxylation sites is 1. The van der Waals surface area contributed by atoms with Crippen LogP contribution >= 0.6 is 11.6 Å². The molecule has 0 spiro atoms. The van der Waals surface area contributed by atoms with E-state index in [9.17, 15) is 0 Å². The first-order chi connectivity index (χ1) is 16.7. The third-order valence-electron chi connectivity index (χ3n) is 6.80. The number of benzene rings is 6. The number of nitrogens with zero attached hydrogens (tertiary/aromatic N) is 1. The summed E-state index contributed by atoms with van der Waals surface area (Å²) in [4.78, 5) is 0. The third-order valence-corrected chi connectivity index (χ3v) is 7.05. The summed E-state index contributed by atoms with van der Waals surface area (Å²) in [6.45, 7) is 0. The second kappa shape index (κ2) is 7.48. The van der Waals surface area contributed by atoms with Gasteiger partial charge in [-0.2, -0.15) is 0 Å². The maximum Gasteiger partial charge on any atom is 0.0547 e. The minimum atomic E-state index is 0.755. The molecule has 1 aromatic heterocycles. The van der Waals surface area contributed by atoms with Crippen molar-refractivity contribution >= 4 is 55.0 Å². The highest BCUT2D eigenvalue weighted by molar-refractivity contribution is 6.30. The highest BCUT2D eigenvalue weighted by Crippen LogP contribution is 2.36. The van der Waals surface area contributed by atoms with Crippen molar-refractivity contribution in [2.24, 2.45) is 0 Å². The molecule has 0 saturated carbocycles. The van der Waals surface area contributed by atoms with Gasteiger partial charge in [0.25, 0.3) is 0 Å². The zero-order chi connectivity index (χ0) is 22.6. The third kappa shape index (κ3) is 3.02. The molecule has 0 unspecified atom stereocenters. The van der Waals surface area contributed by atoms with Gasteiger partial charge in [0.2, 0.25) is 0 Å². The van der Waals surface area contributed by atoms with Crippen LogP contribution in [0.25, 0.3) is 60.2 Å². The topological polar surface area (TPSA) is 4.93 Å². The molecule has 0 fully saturated rings. The SMILES string of the molecule is Clc1ccc(-c2ccc3ccc(-n4c5ccccc5c5cc6ccccc6cc54)cc3c2)cc1. The predicted octanol–water partition coefficient (Wildman–Crippen LogP) is 9.41. The second-order valence-electron chi connectivity index (χ2n) is 8.82. The summed E-state index contributed by atoms with van der Waals surface area (Å²) in [7, 11) is 0. The van der Waals surface area contributed by atoms with E-state index in [1.165, 1.54) is 60.2 Å². The molecule has 0 atom stereocenters. The van der Waals surface area contributed by atoms with Gasteiger partial charge >= 0.3 is 0 Å². The Balaban J connectivity index is 1.49. The van der Waals surface area contributed by atoms with Crippen LogP contribution in [0.5, 0.6) is 0 Å². The Labute approximate surface area is 202 Å². The monoisotopic (exact) mass is 453 g/mol. The fourth-order valence-corrected chi connectivity index (χ4v) is 5.25. The Morgan fingerprint density at radius 2 is 1.15 bits per heavy atom. The van der Waals surface area contributed by atoms with Crippen LogP contribution in [0.2, 0.25) is 5.02 Å². The number of hydrogen-bond donors (Lipinski definition) is 0. The van der Waals surface area contributed by atoms with Crippen molar-refractivity contribution in [3.05, 3.63) is 126 Å². The fourth-order valence-electron chi connectivity index (χ4n) is 5.13. The van der Waals surface area contributed by atoms with Gasteiger partial charge in [0.1, 0.15) is 0 Å². The zero-order valence-electron chi connectivity index (χ0n) is 18.4. The van der Waals surface area contributed by atoms with Gasteiger partial charge in [-0.1, -0.05) is 84.4 Å². The summed E-state index contributed by atoms with van der Waals surface area (Å²) >= 11 is 6.10. The minimum absolute atomic E-state index is 0.755. The van der Waals surface area contributed by atoms with Crippen molar-refractivity contribution < 1.29 is 0 Å². The van der Waals surface area contributed by atoms with Gasteiger partial charge in [-0.3, -0.25) is 0 Å². The van der Waals surface area contributed by atoms with E-state index in [4.69, 9.17) is 11.6 Å². The number of hydrogen-bond acceptors (Lipinski definition) is 0. The summed E-state index contributed by atoms with van der Waals surface area (Å²) < 4.78 is 2.39. The van der Waals surface area contributed by atoms with Crippen molar-refractivity contribution in [1.29, 1.82) is 0 Å². The largest absolute Gasteiger partial charge is 0.309 e. The van der Waals surface area contributed by atoms with Crippen LogP contribution in [0.3, 0.4) is 0 Å². The average Bonchev–Trinajstić information content (AvgIpc) is 3.20. The summed E-state index contributed by atoms with van der Waals surface area (Å²) in [6.07, 6.45) is 0. The number of fused-ring (bicyclic) bond motifs is 5. The molecule has 7 rings (SSSR count). The Hall–Kier alpha value is -4.07. The van der Waals surface area contributed by atoms with E-state index in [0.29, 0.717) is 0 Å². The molecule has 1 nitrogen and oxygen atoms in total. The van der Waals surface area contributed by atoms with E-state index in [-0.39, 0.29) is 0 Å². The van der Waals surface area contributed by atoms with Gasteiger partial charge in [-0.05, 0) is 81.2 Å². The van der Waals surface area contributed by atoms with Crippen molar-refractivity contribution in [2.75, 3.05) is 0 Å². The fraction of sp³-hybridized carbons (Fsp3) is 0. The zero-order valence-corrected chi connectivity index (χ0v) is 19.1. The molecular weight excluding hydrogens is 434 g/mol. The molecule has 34 heavy (non-hydrogen) atoms. The molecule has 0 aliphatic rings. The molecule has 0 bridgehead atoms. The van der Waals surface area contributed by atoms with Crippen LogP contribution in [0, 0.1) is 0 Å². The lowest BCUT2D eigenvalue weighted by atomic mass is 10.0. The molecule has 2 heteroatoms. The molecule has 0 radical (unpaired) electrons. The standard InChI is InChI=1S/C32H20ClN/c33-27-14-11-21(12-15-27)25-10-9-22-13-16-28(18-26(22)17-25)34-31-8-4-3-7-29(31)30-19-23-5-1-2-6-24(23)20-32(30)34/h1-20H. The molecule has 0 N–H and O–H groups in total. The first-order valence-corrected chi connectivity index (χ1v) is 11.8. The normalized spacial score (nSPS) is 11.7. The highest BCUT2D eigenvalue weighted by Gasteiger charge is 2.13. The Kier molecular flexibility index (Phi) is 4.27. The van der Waals surface area contributed by atoms with E-state index in [1.807, 2.05) is 12.1 Å². The molecule has 0 aliphatic heterocycles. The summed E-state index contributed by atoms with van der Waals surface area (Å²) in [5.41, 5.74) is 5.98. The molecule has 7 aromatic rings. The van der Waals surface area contributed by atoms with Crippen LogP contribution in [-0.2, 0) is 0 Å².